The third-order valence-electron chi connectivity index (χ3n) is 2.66. The number of aromatic nitrogens is 1. The summed E-state index contributed by atoms with van der Waals surface area (Å²) in [5.74, 6) is 0. The number of nitrogens with zero attached hydrogens (tertiary/aromatic N) is 1. The predicted molar refractivity (Wildman–Crippen MR) is 72.2 cm³/mol. The van der Waals surface area contributed by atoms with Crippen LogP contribution in [0.3, 0.4) is 0 Å². The fourth-order valence-corrected chi connectivity index (χ4v) is 1.90. The van der Waals surface area contributed by atoms with Crippen LogP contribution >= 0.6 is 11.6 Å². The molecular weight excluding hydrogens is 232 g/mol. The molecule has 3 heteroatoms. The Labute approximate surface area is 107 Å². The van der Waals surface area contributed by atoms with Gasteiger partial charge < -0.3 is 5.32 Å². The first-order valence-electron chi connectivity index (χ1n) is 5.57. The van der Waals surface area contributed by atoms with Crippen LogP contribution in [0.5, 0.6) is 0 Å². The van der Waals surface area contributed by atoms with Crippen molar-refractivity contribution in [3.8, 4) is 11.1 Å². The van der Waals surface area contributed by atoms with Crippen LogP contribution < -0.4 is 5.32 Å². The second-order valence-corrected chi connectivity index (χ2v) is 4.43. The van der Waals surface area contributed by atoms with E-state index < -0.39 is 0 Å². The first-order chi connectivity index (χ1) is 8.20. The largest absolute Gasteiger partial charge is 0.316 e. The molecule has 2 aromatic rings. The lowest BCUT2D eigenvalue weighted by Crippen LogP contribution is -2.05. The van der Waals surface area contributed by atoms with Crippen molar-refractivity contribution >= 4 is 11.6 Å². The minimum Gasteiger partial charge on any atom is -0.316 e. The van der Waals surface area contributed by atoms with Gasteiger partial charge in [0.2, 0.25) is 0 Å². The quantitative estimate of drug-likeness (QED) is 0.898. The van der Waals surface area contributed by atoms with Gasteiger partial charge >= 0.3 is 0 Å². The first kappa shape index (κ1) is 12.1. The fourth-order valence-electron chi connectivity index (χ4n) is 1.72. The summed E-state index contributed by atoms with van der Waals surface area (Å²) in [6.07, 6.45) is 1.89. The Bertz CT molecular complexity index is 506. The van der Waals surface area contributed by atoms with Crippen LogP contribution in [0.15, 0.2) is 36.5 Å². The van der Waals surface area contributed by atoms with Crippen LogP contribution in [0.2, 0.25) is 5.02 Å². The standard InChI is InChI=1S/C14H15ClN2/c1-10-3-4-12(9-17-10)11-5-6-14(15)13(7-11)8-16-2/h3-7,9,16H,8H2,1-2H3. The molecule has 0 radical (unpaired) electrons. The zero-order valence-electron chi connectivity index (χ0n) is 10.00. The highest BCUT2D eigenvalue weighted by molar-refractivity contribution is 6.31. The maximum absolute atomic E-state index is 6.13. The highest BCUT2D eigenvalue weighted by Crippen LogP contribution is 2.24. The third kappa shape index (κ3) is 2.84. The van der Waals surface area contributed by atoms with Gasteiger partial charge in [-0.15, -0.1) is 0 Å². The summed E-state index contributed by atoms with van der Waals surface area (Å²) in [4.78, 5) is 4.30. The summed E-state index contributed by atoms with van der Waals surface area (Å²) in [6.45, 7) is 2.75. The number of halogens is 1. The summed E-state index contributed by atoms with van der Waals surface area (Å²) >= 11 is 6.13. The maximum atomic E-state index is 6.13. The van der Waals surface area contributed by atoms with Gasteiger partial charge in [0.15, 0.2) is 0 Å². The molecule has 0 unspecified atom stereocenters. The first-order valence-corrected chi connectivity index (χ1v) is 5.94. The molecule has 88 valence electrons. The van der Waals surface area contributed by atoms with Gasteiger partial charge in [0.1, 0.15) is 0 Å². The molecule has 1 heterocycles. The molecule has 1 aromatic carbocycles. The second kappa shape index (κ2) is 5.30. The molecule has 0 fully saturated rings. The Hall–Kier alpha value is -1.38. The van der Waals surface area contributed by atoms with Crippen LogP contribution in [-0.4, -0.2) is 12.0 Å². The van der Waals surface area contributed by atoms with Crippen LogP contribution in [0, 0.1) is 6.92 Å². The molecule has 0 aliphatic rings. The number of nitrogens with one attached hydrogen (secondary N) is 1. The molecule has 0 bridgehead atoms. The molecule has 0 amide bonds. The molecule has 0 saturated heterocycles. The van der Waals surface area contributed by atoms with Crippen molar-refractivity contribution in [1.29, 1.82) is 0 Å². The molecule has 17 heavy (non-hydrogen) atoms. The van der Waals surface area contributed by atoms with E-state index in [0.29, 0.717) is 0 Å². The maximum Gasteiger partial charge on any atom is 0.0451 e. The number of hydrogen-bond donors (Lipinski definition) is 1. The minimum atomic E-state index is 0.770. The highest BCUT2D eigenvalue weighted by Gasteiger charge is 2.03. The van der Waals surface area contributed by atoms with E-state index in [9.17, 15) is 0 Å². The van der Waals surface area contributed by atoms with Crippen molar-refractivity contribution in [3.05, 3.63) is 52.8 Å². The lowest BCUT2D eigenvalue weighted by Gasteiger charge is -2.07. The lowest BCUT2D eigenvalue weighted by atomic mass is 10.0. The van der Waals surface area contributed by atoms with Gasteiger partial charge in [-0.3, -0.25) is 4.98 Å². The average molecular weight is 247 g/mol. The minimum absolute atomic E-state index is 0.770. The SMILES string of the molecule is CNCc1cc(-c2ccc(C)nc2)ccc1Cl. The Balaban J connectivity index is 2.39. The summed E-state index contributed by atoms with van der Waals surface area (Å²) in [5.41, 5.74) is 4.39. The zero-order chi connectivity index (χ0) is 12.3. The monoisotopic (exact) mass is 246 g/mol. The van der Waals surface area contributed by atoms with Crippen LogP contribution in [-0.2, 0) is 6.54 Å². The molecule has 2 rings (SSSR count). The van der Waals surface area contributed by atoms with Gasteiger partial charge in [-0.1, -0.05) is 23.7 Å². The van der Waals surface area contributed by atoms with E-state index in [1.807, 2.05) is 38.4 Å². The molecular formula is C14H15ClN2. The van der Waals surface area contributed by atoms with E-state index in [1.165, 1.54) is 0 Å². The molecule has 0 aliphatic heterocycles. The predicted octanol–water partition coefficient (Wildman–Crippen LogP) is 3.43. The molecule has 0 aliphatic carbocycles. The van der Waals surface area contributed by atoms with E-state index in [4.69, 9.17) is 11.6 Å². The summed E-state index contributed by atoms with van der Waals surface area (Å²) in [6, 6.07) is 10.2. The Morgan fingerprint density at radius 3 is 2.59 bits per heavy atom. The van der Waals surface area contributed by atoms with Crippen molar-refractivity contribution in [3.63, 3.8) is 0 Å². The average Bonchev–Trinajstić information content (AvgIpc) is 2.33. The summed E-state index contributed by atoms with van der Waals surface area (Å²) in [7, 11) is 1.91. The van der Waals surface area contributed by atoms with Gasteiger partial charge in [-0.2, -0.15) is 0 Å². The van der Waals surface area contributed by atoms with Gasteiger partial charge in [-0.05, 0) is 43.3 Å². The number of rotatable bonds is 3. The Kier molecular flexibility index (Phi) is 3.77. The Morgan fingerprint density at radius 2 is 1.94 bits per heavy atom. The summed E-state index contributed by atoms with van der Waals surface area (Å²) in [5, 5.41) is 3.91. The van der Waals surface area contributed by atoms with Crippen LogP contribution in [0.1, 0.15) is 11.3 Å². The van der Waals surface area contributed by atoms with Gasteiger partial charge in [0.25, 0.3) is 0 Å². The molecule has 0 atom stereocenters. The van der Waals surface area contributed by atoms with E-state index >= 15 is 0 Å². The van der Waals surface area contributed by atoms with Gasteiger partial charge in [-0.25, -0.2) is 0 Å². The molecule has 2 nitrogen and oxygen atoms in total. The van der Waals surface area contributed by atoms with Crippen molar-refractivity contribution in [2.75, 3.05) is 7.05 Å². The second-order valence-electron chi connectivity index (χ2n) is 4.02. The lowest BCUT2D eigenvalue weighted by molar-refractivity contribution is 0.818. The number of hydrogen-bond acceptors (Lipinski definition) is 2. The van der Waals surface area contributed by atoms with Crippen LogP contribution in [0.25, 0.3) is 11.1 Å². The topological polar surface area (TPSA) is 24.9 Å². The van der Waals surface area contributed by atoms with Gasteiger partial charge in [0, 0.05) is 29.0 Å². The highest BCUT2D eigenvalue weighted by atomic mass is 35.5. The number of pyridine rings is 1. The Morgan fingerprint density at radius 1 is 1.18 bits per heavy atom. The van der Waals surface area contributed by atoms with Crippen molar-refractivity contribution < 1.29 is 0 Å². The van der Waals surface area contributed by atoms with E-state index in [0.717, 1.165) is 34.0 Å². The number of aryl methyl sites for hydroxylation is 1. The molecule has 1 N–H and O–H groups in total. The van der Waals surface area contributed by atoms with E-state index in [1.54, 1.807) is 0 Å². The van der Waals surface area contributed by atoms with Crippen molar-refractivity contribution in [2.24, 2.45) is 0 Å². The smallest absolute Gasteiger partial charge is 0.0451 e. The molecule has 1 aromatic heterocycles. The number of benzene rings is 1. The van der Waals surface area contributed by atoms with Crippen molar-refractivity contribution in [2.45, 2.75) is 13.5 Å². The van der Waals surface area contributed by atoms with Gasteiger partial charge in [0.05, 0.1) is 0 Å². The van der Waals surface area contributed by atoms with E-state index in [2.05, 4.69) is 22.4 Å². The zero-order valence-corrected chi connectivity index (χ0v) is 10.8. The summed E-state index contributed by atoms with van der Waals surface area (Å²) < 4.78 is 0. The molecule has 0 saturated carbocycles. The van der Waals surface area contributed by atoms with E-state index in [-0.39, 0.29) is 0 Å². The third-order valence-corrected chi connectivity index (χ3v) is 3.03. The fraction of sp³-hybridized carbons (Fsp3) is 0.214. The molecule has 0 spiro atoms. The van der Waals surface area contributed by atoms with Crippen LogP contribution in [0.4, 0.5) is 0 Å². The van der Waals surface area contributed by atoms with Crippen molar-refractivity contribution in [1.82, 2.24) is 10.3 Å². The normalized spacial score (nSPS) is 10.5.